The van der Waals surface area contributed by atoms with Gasteiger partial charge in [0.15, 0.2) is 0 Å². The van der Waals surface area contributed by atoms with Crippen molar-refractivity contribution in [1.29, 1.82) is 0 Å². The number of hydrogen-bond acceptors (Lipinski definition) is 4. The molecule has 1 saturated heterocycles. The fourth-order valence-corrected chi connectivity index (χ4v) is 2.91. The number of anilines is 1. The molecule has 0 aliphatic carbocycles. The van der Waals surface area contributed by atoms with Crippen LogP contribution in [0.4, 0.5) is 5.69 Å². The number of nitrogens with one attached hydrogen (secondary N) is 1. The number of ether oxygens (including phenoxy) is 1. The van der Waals surface area contributed by atoms with Gasteiger partial charge >= 0.3 is 17.8 Å². The van der Waals surface area contributed by atoms with Gasteiger partial charge in [-0.15, -0.1) is 0 Å². The number of nitrogens with zero attached hydrogens (tertiary/aromatic N) is 1. The third-order valence-corrected chi connectivity index (χ3v) is 4.21. The molecule has 1 aliphatic heterocycles. The van der Waals surface area contributed by atoms with E-state index in [1.54, 1.807) is 36.1 Å². The number of rotatable bonds is 4. The topological polar surface area (TPSA) is 75.7 Å². The molecule has 0 saturated carbocycles. The van der Waals surface area contributed by atoms with Gasteiger partial charge in [-0.25, -0.2) is 4.79 Å². The van der Waals surface area contributed by atoms with Crippen molar-refractivity contribution in [2.45, 2.75) is 45.6 Å². The molecule has 130 valence electrons. The van der Waals surface area contributed by atoms with Crippen LogP contribution in [0.1, 0.15) is 49.9 Å². The van der Waals surface area contributed by atoms with E-state index in [0.717, 1.165) is 25.7 Å². The van der Waals surface area contributed by atoms with Crippen molar-refractivity contribution in [3.8, 4) is 0 Å². The van der Waals surface area contributed by atoms with Crippen molar-refractivity contribution in [2.75, 3.05) is 18.5 Å². The van der Waals surface area contributed by atoms with Gasteiger partial charge < -0.3 is 15.0 Å². The zero-order valence-corrected chi connectivity index (χ0v) is 14.2. The summed E-state index contributed by atoms with van der Waals surface area (Å²) in [6, 6.07) is 6.44. The van der Waals surface area contributed by atoms with Gasteiger partial charge in [-0.05, 0) is 56.9 Å². The van der Waals surface area contributed by atoms with E-state index in [2.05, 4.69) is 5.32 Å². The molecule has 24 heavy (non-hydrogen) atoms. The molecule has 1 heterocycles. The molecule has 2 amide bonds. The first-order chi connectivity index (χ1) is 11.6. The number of hydrogen-bond donors (Lipinski definition) is 1. The number of piperidine rings is 1. The minimum atomic E-state index is -0.640. The zero-order valence-electron chi connectivity index (χ0n) is 14.2. The molecule has 6 heteroatoms. The van der Waals surface area contributed by atoms with Crippen molar-refractivity contribution in [3.05, 3.63) is 29.8 Å². The smallest absolute Gasteiger partial charge is 0.338 e. The number of carbonyl (C=O) groups excluding carboxylic acids is 3. The van der Waals surface area contributed by atoms with Crippen LogP contribution >= 0.6 is 0 Å². The van der Waals surface area contributed by atoms with Gasteiger partial charge in [-0.1, -0.05) is 6.92 Å². The van der Waals surface area contributed by atoms with E-state index in [1.165, 1.54) is 0 Å². The highest BCUT2D eigenvalue weighted by Gasteiger charge is 2.29. The molecule has 6 nitrogen and oxygen atoms in total. The quantitative estimate of drug-likeness (QED) is 0.679. The molecule has 2 rings (SSSR count). The van der Waals surface area contributed by atoms with E-state index in [-0.39, 0.29) is 6.04 Å². The third-order valence-electron chi connectivity index (χ3n) is 4.21. The molecule has 1 unspecified atom stereocenters. The van der Waals surface area contributed by atoms with Crippen LogP contribution in [-0.2, 0) is 14.3 Å². The monoisotopic (exact) mass is 332 g/mol. The second-order valence-electron chi connectivity index (χ2n) is 5.81. The number of carbonyl (C=O) groups is 3. The number of likely N-dealkylation sites (tertiary alicyclic amines) is 1. The van der Waals surface area contributed by atoms with E-state index >= 15 is 0 Å². The number of esters is 1. The Morgan fingerprint density at radius 2 is 1.88 bits per heavy atom. The molecule has 1 fully saturated rings. The van der Waals surface area contributed by atoms with Crippen LogP contribution in [0.15, 0.2) is 24.3 Å². The van der Waals surface area contributed by atoms with E-state index in [0.29, 0.717) is 24.4 Å². The van der Waals surface area contributed by atoms with Crippen molar-refractivity contribution < 1.29 is 19.1 Å². The van der Waals surface area contributed by atoms with E-state index in [9.17, 15) is 14.4 Å². The van der Waals surface area contributed by atoms with Crippen LogP contribution in [0.2, 0.25) is 0 Å². The van der Waals surface area contributed by atoms with Gasteiger partial charge in [0.05, 0.1) is 12.2 Å². The number of amides is 2. The largest absolute Gasteiger partial charge is 0.462 e. The Morgan fingerprint density at radius 3 is 2.50 bits per heavy atom. The maximum absolute atomic E-state index is 12.4. The van der Waals surface area contributed by atoms with Crippen LogP contribution < -0.4 is 5.32 Å². The van der Waals surface area contributed by atoms with Crippen LogP contribution in [0.25, 0.3) is 0 Å². The molecule has 0 aromatic heterocycles. The Bertz CT molecular complexity index is 598. The summed E-state index contributed by atoms with van der Waals surface area (Å²) >= 11 is 0. The standard InChI is InChI=1S/C18H24N2O4/c1-3-15-7-5-6-12-20(15)17(22)16(21)19-14-10-8-13(9-11-14)18(23)24-4-2/h8-11,15H,3-7,12H2,1-2H3,(H,19,21). The van der Waals surface area contributed by atoms with Crippen LogP contribution in [0.5, 0.6) is 0 Å². The lowest BCUT2D eigenvalue weighted by atomic mass is 10.00. The Morgan fingerprint density at radius 1 is 1.17 bits per heavy atom. The Balaban J connectivity index is 1.98. The summed E-state index contributed by atoms with van der Waals surface area (Å²) in [4.78, 5) is 37.8. The molecule has 1 aromatic rings. The molecule has 1 aromatic carbocycles. The normalized spacial score (nSPS) is 17.2. The molecule has 0 radical (unpaired) electrons. The molecule has 1 aliphatic rings. The van der Waals surface area contributed by atoms with E-state index in [4.69, 9.17) is 4.74 Å². The first kappa shape index (κ1) is 18.0. The summed E-state index contributed by atoms with van der Waals surface area (Å²) in [7, 11) is 0. The lowest BCUT2D eigenvalue weighted by Crippen LogP contribution is -2.48. The highest BCUT2D eigenvalue weighted by atomic mass is 16.5. The van der Waals surface area contributed by atoms with E-state index in [1.807, 2.05) is 6.92 Å². The maximum Gasteiger partial charge on any atom is 0.338 e. The molecule has 1 atom stereocenters. The van der Waals surface area contributed by atoms with Gasteiger partial charge in [0.1, 0.15) is 0 Å². The summed E-state index contributed by atoms with van der Waals surface area (Å²) in [5.41, 5.74) is 0.884. The average molecular weight is 332 g/mol. The van der Waals surface area contributed by atoms with Gasteiger partial charge in [-0.2, -0.15) is 0 Å². The van der Waals surface area contributed by atoms with Crippen molar-refractivity contribution in [1.82, 2.24) is 4.90 Å². The van der Waals surface area contributed by atoms with E-state index < -0.39 is 17.8 Å². The lowest BCUT2D eigenvalue weighted by Gasteiger charge is -2.34. The van der Waals surface area contributed by atoms with Crippen LogP contribution in [0, 0.1) is 0 Å². The first-order valence-electron chi connectivity index (χ1n) is 8.46. The average Bonchev–Trinajstić information content (AvgIpc) is 2.61. The fourth-order valence-electron chi connectivity index (χ4n) is 2.91. The molecule has 0 bridgehead atoms. The maximum atomic E-state index is 12.4. The fraction of sp³-hybridized carbons (Fsp3) is 0.500. The third kappa shape index (κ3) is 4.34. The van der Waals surface area contributed by atoms with Crippen molar-refractivity contribution in [2.24, 2.45) is 0 Å². The minimum absolute atomic E-state index is 0.142. The first-order valence-corrected chi connectivity index (χ1v) is 8.46. The van der Waals surface area contributed by atoms with Crippen LogP contribution in [-0.4, -0.2) is 41.9 Å². The predicted molar refractivity (Wildman–Crippen MR) is 90.7 cm³/mol. The lowest BCUT2D eigenvalue weighted by molar-refractivity contribution is -0.145. The second kappa shape index (κ2) is 8.47. The molecular weight excluding hydrogens is 308 g/mol. The summed E-state index contributed by atoms with van der Waals surface area (Å²) in [5, 5.41) is 2.60. The minimum Gasteiger partial charge on any atom is -0.462 e. The summed E-state index contributed by atoms with van der Waals surface area (Å²) in [5.74, 6) is -1.54. The van der Waals surface area contributed by atoms with Crippen molar-refractivity contribution in [3.63, 3.8) is 0 Å². The zero-order chi connectivity index (χ0) is 17.5. The van der Waals surface area contributed by atoms with Gasteiger partial charge in [0.25, 0.3) is 0 Å². The Labute approximate surface area is 142 Å². The Kier molecular flexibility index (Phi) is 6.35. The van der Waals surface area contributed by atoms with Gasteiger partial charge in [0, 0.05) is 18.3 Å². The molecular formula is C18H24N2O4. The molecule has 1 N–H and O–H groups in total. The highest BCUT2D eigenvalue weighted by molar-refractivity contribution is 6.39. The highest BCUT2D eigenvalue weighted by Crippen LogP contribution is 2.20. The number of benzene rings is 1. The second-order valence-corrected chi connectivity index (χ2v) is 5.81. The predicted octanol–water partition coefficient (Wildman–Crippen LogP) is 2.59. The van der Waals surface area contributed by atoms with Crippen molar-refractivity contribution >= 4 is 23.5 Å². The van der Waals surface area contributed by atoms with Crippen LogP contribution in [0.3, 0.4) is 0 Å². The summed E-state index contributed by atoms with van der Waals surface area (Å²) in [6.45, 7) is 4.71. The Hall–Kier alpha value is -2.37. The summed E-state index contributed by atoms with van der Waals surface area (Å²) < 4.78 is 4.90. The summed E-state index contributed by atoms with van der Waals surface area (Å²) in [6.07, 6.45) is 3.83. The van der Waals surface area contributed by atoms with Gasteiger partial charge in [0.2, 0.25) is 0 Å². The SMILES string of the molecule is CCOC(=O)c1ccc(NC(=O)C(=O)N2CCCCC2CC)cc1. The molecule has 0 spiro atoms. The van der Waals surface area contributed by atoms with Gasteiger partial charge in [-0.3, -0.25) is 9.59 Å².